The van der Waals surface area contributed by atoms with Crippen molar-refractivity contribution in [2.75, 3.05) is 16.6 Å². The van der Waals surface area contributed by atoms with E-state index in [-0.39, 0.29) is 28.6 Å². The molecule has 1 amide bonds. The summed E-state index contributed by atoms with van der Waals surface area (Å²) in [5, 5.41) is 13.1. The Morgan fingerprint density at radius 2 is 1.72 bits per heavy atom. The molecule has 4 aromatic rings. The number of sulfonamides is 1. The summed E-state index contributed by atoms with van der Waals surface area (Å²) < 4.78 is 41.3. The molecule has 7 nitrogen and oxygen atoms in total. The van der Waals surface area contributed by atoms with Crippen LogP contribution in [-0.4, -0.2) is 25.8 Å². The summed E-state index contributed by atoms with van der Waals surface area (Å²) in [5.74, 6) is -1.10. The molecule has 2 N–H and O–H groups in total. The van der Waals surface area contributed by atoms with Gasteiger partial charge in [-0.15, -0.1) is 23.7 Å². The van der Waals surface area contributed by atoms with Gasteiger partial charge in [-0.2, -0.15) is 5.26 Å². The van der Waals surface area contributed by atoms with E-state index in [0.717, 1.165) is 47.8 Å². The molecule has 0 atom stereocenters. The quantitative estimate of drug-likeness (QED) is 0.287. The van der Waals surface area contributed by atoms with Crippen LogP contribution < -0.4 is 10.0 Å². The first-order chi connectivity index (χ1) is 18.3. The van der Waals surface area contributed by atoms with Gasteiger partial charge in [0.05, 0.1) is 21.7 Å². The number of hydrogen-bond donors (Lipinski definition) is 2. The van der Waals surface area contributed by atoms with Crippen molar-refractivity contribution in [2.24, 2.45) is 0 Å². The molecule has 39 heavy (non-hydrogen) atoms. The lowest BCUT2D eigenvalue weighted by Crippen LogP contribution is -2.29. The third-order valence-electron chi connectivity index (χ3n) is 6.26. The van der Waals surface area contributed by atoms with Crippen LogP contribution in [0.4, 0.5) is 15.1 Å². The molecule has 0 bridgehead atoms. The van der Waals surface area contributed by atoms with Gasteiger partial charge in [-0.05, 0) is 53.9 Å². The Kier molecular flexibility index (Phi) is 8.67. The molecule has 0 aliphatic carbocycles. The van der Waals surface area contributed by atoms with E-state index in [9.17, 15) is 22.9 Å². The molecule has 0 saturated carbocycles. The topological polar surface area (TPSA) is 102 Å². The highest BCUT2D eigenvalue weighted by Gasteiger charge is 2.26. The second kappa shape index (κ2) is 12.0. The van der Waals surface area contributed by atoms with Gasteiger partial charge >= 0.3 is 0 Å². The standard InChI is InChI=1S/C28H23FN4O3S2.ClH/c29-20-10-12-21(13-11-20)38(35,36)32-25-9-5-4-8-23(25)27(34)31-28-24(16-30)22-14-15-33(18-26(22)37-28)17-19-6-2-1-3-7-19;/h1-13,32H,14-15,17-18H2,(H,31,34);1H. The van der Waals surface area contributed by atoms with Crippen molar-refractivity contribution < 1.29 is 17.6 Å². The highest BCUT2D eigenvalue weighted by atomic mass is 35.5. The van der Waals surface area contributed by atoms with E-state index in [1.54, 1.807) is 12.1 Å². The Balaban J connectivity index is 0.00000353. The first kappa shape index (κ1) is 28.3. The highest BCUT2D eigenvalue weighted by molar-refractivity contribution is 7.92. The van der Waals surface area contributed by atoms with Gasteiger partial charge in [0, 0.05) is 24.5 Å². The van der Waals surface area contributed by atoms with Crippen LogP contribution in [0.15, 0.2) is 83.8 Å². The summed E-state index contributed by atoms with van der Waals surface area (Å²) in [5.41, 5.74) is 2.77. The molecule has 0 spiro atoms. The fourth-order valence-corrected chi connectivity index (χ4v) is 6.71. The number of carbonyl (C=O) groups is 1. The number of fused-ring (bicyclic) bond motifs is 1. The predicted molar refractivity (Wildman–Crippen MR) is 152 cm³/mol. The minimum absolute atomic E-state index is 0. The molecule has 0 radical (unpaired) electrons. The van der Waals surface area contributed by atoms with Crippen molar-refractivity contribution in [1.29, 1.82) is 5.26 Å². The number of nitriles is 1. The molecular formula is C28H24ClFN4O3S2. The number of amides is 1. The van der Waals surface area contributed by atoms with Crippen LogP contribution in [0.3, 0.4) is 0 Å². The first-order valence-corrected chi connectivity index (χ1v) is 14.1. The molecule has 200 valence electrons. The van der Waals surface area contributed by atoms with Crippen molar-refractivity contribution in [3.63, 3.8) is 0 Å². The van der Waals surface area contributed by atoms with Crippen molar-refractivity contribution in [3.05, 3.63) is 112 Å². The van der Waals surface area contributed by atoms with Crippen molar-refractivity contribution in [3.8, 4) is 6.07 Å². The monoisotopic (exact) mass is 582 g/mol. The largest absolute Gasteiger partial charge is 0.312 e. The Labute approximate surface area is 236 Å². The molecule has 5 rings (SSSR count). The van der Waals surface area contributed by atoms with Crippen molar-refractivity contribution >= 4 is 50.4 Å². The number of carbonyl (C=O) groups excluding carboxylic acids is 1. The molecule has 0 saturated heterocycles. The maximum absolute atomic E-state index is 13.3. The van der Waals surface area contributed by atoms with Crippen LogP contribution in [0, 0.1) is 17.1 Å². The lowest BCUT2D eigenvalue weighted by atomic mass is 10.0. The van der Waals surface area contributed by atoms with Gasteiger partial charge in [0.25, 0.3) is 15.9 Å². The summed E-state index contributed by atoms with van der Waals surface area (Å²) in [6.45, 7) is 2.27. The Hall–Kier alpha value is -3.75. The zero-order valence-corrected chi connectivity index (χ0v) is 23.0. The summed E-state index contributed by atoms with van der Waals surface area (Å²) in [4.78, 5) is 16.5. The van der Waals surface area contributed by atoms with Crippen LogP contribution in [0.1, 0.15) is 31.9 Å². The molecule has 0 unspecified atom stereocenters. The normalized spacial score (nSPS) is 13.0. The van der Waals surface area contributed by atoms with E-state index >= 15 is 0 Å². The smallest absolute Gasteiger partial charge is 0.261 e. The molecule has 1 aliphatic rings. The average Bonchev–Trinajstić information content (AvgIpc) is 3.25. The third kappa shape index (κ3) is 6.29. The number of halogens is 2. The van der Waals surface area contributed by atoms with Gasteiger partial charge in [-0.1, -0.05) is 42.5 Å². The van der Waals surface area contributed by atoms with E-state index in [1.807, 2.05) is 18.2 Å². The third-order valence-corrected chi connectivity index (χ3v) is 8.78. The summed E-state index contributed by atoms with van der Waals surface area (Å²) >= 11 is 1.37. The Bertz CT molecular complexity index is 1640. The SMILES string of the molecule is Cl.N#Cc1c(NC(=O)c2ccccc2NS(=O)(=O)c2ccc(F)cc2)sc2c1CCN(Cc1ccccc1)C2. The number of hydrogen-bond acceptors (Lipinski definition) is 6. The Morgan fingerprint density at radius 3 is 2.44 bits per heavy atom. The second-order valence-corrected chi connectivity index (χ2v) is 11.6. The lowest BCUT2D eigenvalue weighted by Gasteiger charge is -2.26. The molecule has 2 heterocycles. The average molecular weight is 583 g/mol. The minimum Gasteiger partial charge on any atom is -0.312 e. The van der Waals surface area contributed by atoms with Gasteiger partial charge in [0.1, 0.15) is 16.9 Å². The van der Waals surface area contributed by atoms with Crippen LogP contribution in [0.5, 0.6) is 0 Å². The maximum Gasteiger partial charge on any atom is 0.261 e. The Morgan fingerprint density at radius 1 is 1.03 bits per heavy atom. The van der Waals surface area contributed by atoms with Crippen LogP contribution in [-0.2, 0) is 29.5 Å². The zero-order chi connectivity index (χ0) is 26.7. The van der Waals surface area contributed by atoms with E-state index in [2.05, 4.69) is 33.1 Å². The number of anilines is 2. The molecular weight excluding hydrogens is 559 g/mol. The molecule has 1 aliphatic heterocycles. The first-order valence-electron chi connectivity index (χ1n) is 11.8. The molecule has 11 heteroatoms. The number of benzene rings is 3. The van der Waals surface area contributed by atoms with Gasteiger partial charge in [0.15, 0.2) is 0 Å². The van der Waals surface area contributed by atoms with Gasteiger partial charge in [0.2, 0.25) is 0 Å². The van der Waals surface area contributed by atoms with Gasteiger partial charge < -0.3 is 5.32 Å². The van der Waals surface area contributed by atoms with E-state index in [1.165, 1.54) is 29.0 Å². The molecule has 0 fully saturated rings. The predicted octanol–water partition coefficient (Wildman–Crippen LogP) is 5.79. The zero-order valence-electron chi connectivity index (χ0n) is 20.6. The molecule has 3 aromatic carbocycles. The number of thiophene rings is 1. The lowest BCUT2D eigenvalue weighted by molar-refractivity contribution is 0.102. The van der Waals surface area contributed by atoms with E-state index < -0.39 is 21.7 Å². The summed E-state index contributed by atoms with van der Waals surface area (Å²) in [7, 11) is -4.06. The van der Waals surface area contributed by atoms with Crippen molar-refractivity contribution in [1.82, 2.24) is 4.90 Å². The number of nitrogens with zero attached hydrogens (tertiary/aromatic N) is 2. The second-order valence-electron chi connectivity index (χ2n) is 8.83. The summed E-state index contributed by atoms with van der Waals surface area (Å²) in [6, 6.07) is 23.0. The van der Waals surface area contributed by atoms with Crippen LogP contribution in [0.25, 0.3) is 0 Å². The van der Waals surface area contributed by atoms with Gasteiger partial charge in [-0.3, -0.25) is 14.4 Å². The van der Waals surface area contributed by atoms with E-state index in [0.29, 0.717) is 23.5 Å². The fraction of sp³-hybridized carbons (Fsp3) is 0.143. The number of rotatable bonds is 7. The highest BCUT2D eigenvalue weighted by Crippen LogP contribution is 2.37. The fourth-order valence-electron chi connectivity index (χ4n) is 4.40. The van der Waals surface area contributed by atoms with Crippen molar-refractivity contribution in [2.45, 2.75) is 24.4 Å². The van der Waals surface area contributed by atoms with Crippen LogP contribution in [0.2, 0.25) is 0 Å². The van der Waals surface area contributed by atoms with Crippen LogP contribution >= 0.6 is 23.7 Å². The number of nitrogens with one attached hydrogen (secondary N) is 2. The maximum atomic E-state index is 13.3. The summed E-state index contributed by atoms with van der Waals surface area (Å²) in [6.07, 6.45) is 0.700. The number of para-hydroxylation sites is 1. The van der Waals surface area contributed by atoms with Gasteiger partial charge in [-0.25, -0.2) is 12.8 Å². The minimum atomic E-state index is -4.06. The molecule has 1 aromatic heterocycles. The van der Waals surface area contributed by atoms with E-state index in [4.69, 9.17) is 0 Å².